The molecule has 0 bridgehead atoms. The van der Waals surface area contributed by atoms with Crippen LogP contribution in [-0.2, 0) is 20.1 Å². The maximum absolute atomic E-state index is 6.22. The molecule has 1 unspecified atom stereocenters. The molecule has 2 aromatic rings. The van der Waals surface area contributed by atoms with Gasteiger partial charge in [0.15, 0.2) is 0 Å². The van der Waals surface area contributed by atoms with Gasteiger partial charge < -0.3 is 10.5 Å². The molecule has 1 aromatic heterocycles. The largest absolute Gasteiger partial charge is 0.489 e. The van der Waals surface area contributed by atoms with E-state index < -0.39 is 0 Å². The van der Waals surface area contributed by atoms with Gasteiger partial charge in [-0.3, -0.25) is 4.68 Å². The predicted molar refractivity (Wildman–Crippen MR) is 83.6 cm³/mol. The van der Waals surface area contributed by atoms with Crippen molar-refractivity contribution in [3.05, 3.63) is 45.7 Å². The Kier molecular flexibility index (Phi) is 3.91. The van der Waals surface area contributed by atoms with Gasteiger partial charge in [-0.25, -0.2) is 0 Å². The van der Waals surface area contributed by atoms with E-state index in [2.05, 4.69) is 17.2 Å². The Morgan fingerprint density at radius 2 is 2.29 bits per heavy atom. The third-order valence-corrected chi connectivity index (χ3v) is 4.60. The summed E-state index contributed by atoms with van der Waals surface area (Å²) >= 11 is 6.22. The zero-order valence-corrected chi connectivity index (χ0v) is 13.2. The highest BCUT2D eigenvalue weighted by atomic mass is 35.5. The van der Waals surface area contributed by atoms with Crippen molar-refractivity contribution in [3.63, 3.8) is 0 Å². The monoisotopic (exact) mass is 305 g/mol. The first-order valence-electron chi connectivity index (χ1n) is 7.25. The summed E-state index contributed by atoms with van der Waals surface area (Å²) in [6.07, 6.45) is 3.29. The molecule has 0 aliphatic heterocycles. The van der Waals surface area contributed by atoms with Crippen LogP contribution in [-0.4, -0.2) is 9.78 Å². The van der Waals surface area contributed by atoms with Crippen molar-refractivity contribution in [2.24, 2.45) is 12.8 Å². The molecule has 1 aliphatic rings. The minimum Gasteiger partial charge on any atom is -0.489 e. The molecule has 0 amide bonds. The highest BCUT2D eigenvalue weighted by Crippen LogP contribution is 2.31. The molecule has 2 N–H and O–H groups in total. The average molecular weight is 306 g/mol. The molecule has 0 spiro atoms. The van der Waals surface area contributed by atoms with Gasteiger partial charge in [0.2, 0.25) is 0 Å². The first kappa shape index (κ1) is 14.4. The standard InChI is InChI=1S/C16H20ClN3O/c1-10-14(16(17)20(2)19-10)9-21-12-6-7-13-11(8-12)4-3-5-15(13)18/h6-8,15H,3-5,9,18H2,1-2H3. The second-order valence-corrected chi connectivity index (χ2v) is 5.98. The van der Waals surface area contributed by atoms with Crippen molar-refractivity contribution in [3.8, 4) is 5.75 Å². The number of hydrogen-bond acceptors (Lipinski definition) is 3. The number of hydrogen-bond donors (Lipinski definition) is 1. The molecule has 112 valence electrons. The molecule has 1 aromatic carbocycles. The summed E-state index contributed by atoms with van der Waals surface area (Å²) in [5.74, 6) is 0.863. The highest BCUT2D eigenvalue weighted by molar-refractivity contribution is 6.30. The lowest BCUT2D eigenvalue weighted by Crippen LogP contribution is -2.17. The van der Waals surface area contributed by atoms with Crippen LogP contribution >= 0.6 is 11.6 Å². The van der Waals surface area contributed by atoms with Crippen LogP contribution in [0, 0.1) is 6.92 Å². The Hall–Kier alpha value is -1.52. The van der Waals surface area contributed by atoms with Gasteiger partial charge in [-0.05, 0) is 49.4 Å². The van der Waals surface area contributed by atoms with Crippen molar-refractivity contribution < 1.29 is 4.74 Å². The van der Waals surface area contributed by atoms with E-state index in [0.717, 1.165) is 36.3 Å². The minimum absolute atomic E-state index is 0.165. The van der Waals surface area contributed by atoms with E-state index in [4.69, 9.17) is 22.1 Å². The molecule has 0 saturated carbocycles. The van der Waals surface area contributed by atoms with Gasteiger partial charge >= 0.3 is 0 Å². The van der Waals surface area contributed by atoms with E-state index in [1.807, 2.05) is 20.0 Å². The SMILES string of the molecule is Cc1nn(C)c(Cl)c1COc1ccc2c(c1)CCCC2N. The number of aromatic nitrogens is 2. The summed E-state index contributed by atoms with van der Waals surface area (Å²) in [4.78, 5) is 0. The van der Waals surface area contributed by atoms with Gasteiger partial charge in [-0.1, -0.05) is 17.7 Å². The summed E-state index contributed by atoms with van der Waals surface area (Å²) in [7, 11) is 1.83. The number of nitrogens with zero attached hydrogens (tertiary/aromatic N) is 2. The van der Waals surface area contributed by atoms with Crippen molar-refractivity contribution in [2.75, 3.05) is 0 Å². The number of aryl methyl sites for hydroxylation is 3. The minimum atomic E-state index is 0.165. The molecular weight excluding hydrogens is 286 g/mol. The third-order valence-electron chi connectivity index (χ3n) is 4.13. The first-order valence-corrected chi connectivity index (χ1v) is 7.63. The molecule has 3 rings (SSSR count). The van der Waals surface area contributed by atoms with E-state index in [1.165, 1.54) is 11.1 Å². The molecule has 0 saturated heterocycles. The summed E-state index contributed by atoms with van der Waals surface area (Å²) in [6.45, 7) is 2.37. The zero-order valence-electron chi connectivity index (χ0n) is 12.4. The van der Waals surface area contributed by atoms with Crippen LogP contribution in [0.4, 0.5) is 0 Å². The highest BCUT2D eigenvalue weighted by Gasteiger charge is 2.17. The van der Waals surface area contributed by atoms with E-state index in [-0.39, 0.29) is 6.04 Å². The summed E-state index contributed by atoms with van der Waals surface area (Å²) in [5, 5.41) is 4.92. The second-order valence-electron chi connectivity index (χ2n) is 5.63. The number of nitrogens with two attached hydrogens (primary N) is 1. The second kappa shape index (κ2) is 5.70. The average Bonchev–Trinajstić information content (AvgIpc) is 2.70. The molecule has 4 nitrogen and oxygen atoms in total. The van der Waals surface area contributed by atoms with E-state index in [0.29, 0.717) is 11.8 Å². The smallest absolute Gasteiger partial charge is 0.133 e. The molecule has 21 heavy (non-hydrogen) atoms. The van der Waals surface area contributed by atoms with Crippen LogP contribution in [0.2, 0.25) is 5.15 Å². The third kappa shape index (κ3) is 2.78. The topological polar surface area (TPSA) is 53.1 Å². The van der Waals surface area contributed by atoms with Gasteiger partial charge in [0.05, 0.1) is 5.69 Å². The predicted octanol–water partition coefficient (Wildman–Crippen LogP) is 3.30. The van der Waals surface area contributed by atoms with Crippen LogP contribution in [0.1, 0.15) is 41.3 Å². The van der Waals surface area contributed by atoms with Crippen molar-refractivity contribution >= 4 is 11.6 Å². The lowest BCUT2D eigenvalue weighted by molar-refractivity contribution is 0.304. The van der Waals surface area contributed by atoms with Gasteiger partial charge in [0.1, 0.15) is 17.5 Å². The summed E-state index contributed by atoms with van der Waals surface area (Å²) in [5.41, 5.74) is 10.5. The number of benzene rings is 1. The maximum atomic E-state index is 6.22. The van der Waals surface area contributed by atoms with Crippen LogP contribution in [0.5, 0.6) is 5.75 Å². The van der Waals surface area contributed by atoms with Crippen molar-refractivity contribution in [1.29, 1.82) is 0 Å². The number of fused-ring (bicyclic) bond motifs is 1. The molecular formula is C16H20ClN3O. The Morgan fingerprint density at radius 3 is 3.00 bits per heavy atom. The Morgan fingerprint density at radius 1 is 1.48 bits per heavy atom. The van der Waals surface area contributed by atoms with E-state index in [1.54, 1.807) is 4.68 Å². The van der Waals surface area contributed by atoms with Gasteiger partial charge in [0, 0.05) is 18.7 Å². The number of rotatable bonds is 3. The quantitative estimate of drug-likeness (QED) is 0.946. The Labute approximate surface area is 129 Å². The van der Waals surface area contributed by atoms with Crippen molar-refractivity contribution in [1.82, 2.24) is 9.78 Å². The maximum Gasteiger partial charge on any atom is 0.133 e. The molecule has 1 heterocycles. The fourth-order valence-corrected chi connectivity index (χ4v) is 3.14. The summed E-state index contributed by atoms with van der Waals surface area (Å²) in [6, 6.07) is 6.35. The zero-order chi connectivity index (χ0) is 15.0. The fourth-order valence-electron chi connectivity index (χ4n) is 2.91. The van der Waals surface area contributed by atoms with Gasteiger partial charge in [0.25, 0.3) is 0 Å². The van der Waals surface area contributed by atoms with E-state index in [9.17, 15) is 0 Å². The molecule has 0 radical (unpaired) electrons. The normalized spacial score (nSPS) is 17.6. The Bertz CT molecular complexity index is 666. The van der Waals surface area contributed by atoms with Crippen LogP contribution < -0.4 is 10.5 Å². The number of halogens is 1. The molecule has 0 fully saturated rings. The molecule has 1 aliphatic carbocycles. The first-order chi connectivity index (χ1) is 10.1. The van der Waals surface area contributed by atoms with Crippen LogP contribution in [0.3, 0.4) is 0 Å². The van der Waals surface area contributed by atoms with Crippen molar-refractivity contribution in [2.45, 2.75) is 38.8 Å². The van der Waals surface area contributed by atoms with E-state index >= 15 is 0 Å². The molecule has 5 heteroatoms. The van der Waals surface area contributed by atoms with Gasteiger partial charge in [-0.15, -0.1) is 0 Å². The lowest BCUT2D eigenvalue weighted by atomic mass is 9.88. The Balaban J connectivity index is 1.77. The lowest BCUT2D eigenvalue weighted by Gasteiger charge is -2.22. The van der Waals surface area contributed by atoms with Crippen LogP contribution in [0.15, 0.2) is 18.2 Å². The van der Waals surface area contributed by atoms with Gasteiger partial charge in [-0.2, -0.15) is 5.10 Å². The molecule has 1 atom stereocenters. The summed E-state index contributed by atoms with van der Waals surface area (Å²) < 4.78 is 7.56. The fraction of sp³-hybridized carbons (Fsp3) is 0.438. The number of ether oxygens (including phenoxy) is 1. The van der Waals surface area contributed by atoms with Crippen LogP contribution in [0.25, 0.3) is 0 Å².